The Morgan fingerprint density at radius 3 is 2.86 bits per heavy atom. The molecule has 0 aromatic rings. The van der Waals surface area contributed by atoms with Crippen molar-refractivity contribution in [3.63, 3.8) is 0 Å². The van der Waals surface area contributed by atoms with Crippen LogP contribution >= 0.6 is 0 Å². The molecule has 1 unspecified atom stereocenters. The Morgan fingerprint density at radius 2 is 2.14 bits per heavy atom. The van der Waals surface area contributed by atoms with E-state index in [1.54, 1.807) is 24.3 Å². The molecule has 1 heterocycles. The van der Waals surface area contributed by atoms with Crippen molar-refractivity contribution in [3.8, 4) is 0 Å². The fraction of sp³-hybridized carbons (Fsp3) is 0.111. The van der Waals surface area contributed by atoms with Gasteiger partial charge in [-0.05, 0) is 0 Å². The van der Waals surface area contributed by atoms with Crippen molar-refractivity contribution in [2.45, 2.75) is 0 Å². The van der Waals surface area contributed by atoms with Crippen LogP contribution in [-0.4, -0.2) is 17.0 Å². The van der Waals surface area contributed by atoms with Crippen LogP contribution in [0.3, 0.4) is 0 Å². The molecule has 0 radical (unpaired) electrons. The molecule has 1 aliphatic carbocycles. The maximum absolute atomic E-state index is 11.2. The van der Waals surface area contributed by atoms with Crippen molar-refractivity contribution in [1.29, 1.82) is 0 Å². The highest BCUT2D eigenvalue weighted by Crippen LogP contribution is 2.28. The zero-order valence-electron chi connectivity index (χ0n) is 7.04. The molecular formula is C9H6N2O3. The van der Waals surface area contributed by atoms with Gasteiger partial charge >= 0.3 is 5.97 Å². The number of carboxylic acid groups (broad SMARTS) is 1. The number of azo groups is 1. The number of carboxylic acids is 1. The maximum Gasteiger partial charge on any atom is 0.356 e. The highest BCUT2D eigenvalue weighted by molar-refractivity contribution is 5.94. The molecule has 5 heteroatoms. The summed E-state index contributed by atoms with van der Waals surface area (Å²) in [5.74, 6) is -2.17. The minimum absolute atomic E-state index is 0.157. The fourth-order valence-electron chi connectivity index (χ4n) is 1.37. The number of nitrogens with zero attached hydrogens (tertiary/aromatic N) is 2. The number of fused-ring (bicyclic) bond motifs is 1. The largest absolute Gasteiger partial charge is 0.476 e. The Balaban J connectivity index is 2.55. The molecule has 1 N–H and O–H groups in total. The van der Waals surface area contributed by atoms with Gasteiger partial charge in [0, 0.05) is 5.57 Å². The van der Waals surface area contributed by atoms with Crippen molar-refractivity contribution in [2.75, 3.05) is 0 Å². The molecule has 14 heavy (non-hydrogen) atoms. The second-order valence-electron chi connectivity index (χ2n) is 2.87. The molecule has 0 saturated heterocycles. The fourth-order valence-corrected chi connectivity index (χ4v) is 1.37. The highest BCUT2D eigenvalue weighted by atomic mass is 16.4. The normalized spacial score (nSPS) is 24.0. The van der Waals surface area contributed by atoms with E-state index in [4.69, 9.17) is 5.11 Å². The molecule has 0 spiro atoms. The smallest absolute Gasteiger partial charge is 0.356 e. The second kappa shape index (κ2) is 3.02. The van der Waals surface area contributed by atoms with Crippen LogP contribution in [0, 0.1) is 5.92 Å². The highest BCUT2D eigenvalue weighted by Gasteiger charge is 2.29. The van der Waals surface area contributed by atoms with Gasteiger partial charge in [0.15, 0.2) is 5.70 Å². The minimum atomic E-state index is -1.17. The molecule has 0 bridgehead atoms. The van der Waals surface area contributed by atoms with Crippen LogP contribution in [0.1, 0.15) is 0 Å². The van der Waals surface area contributed by atoms with Crippen LogP contribution in [0.5, 0.6) is 0 Å². The van der Waals surface area contributed by atoms with Crippen LogP contribution in [0.4, 0.5) is 0 Å². The van der Waals surface area contributed by atoms with E-state index in [-0.39, 0.29) is 5.70 Å². The van der Waals surface area contributed by atoms with Crippen molar-refractivity contribution in [2.24, 2.45) is 16.1 Å². The molecule has 0 aromatic heterocycles. The summed E-state index contributed by atoms with van der Waals surface area (Å²) in [7, 11) is 0. The van der Waals surface area contributed by atoms with Gasteiger partial charge in [-0.3, -0.25) is 4.79 Å². The van der Waals surface area contributed by atoms with E-state index in [2.05, 4.69) is 10.2 Å². The molecule has 1 atom stereocenters. The lowest BCUT2D eigenvalue weighted by Crippen LogP contribution is -2.20. The predicted molar refractivity (Wildman–Crippen MR) is 46.3 cm³/mol. The average Bonchev–Trinajstić information content (AvgIpc) is 2.18. The molecule has 1 amide bonds. The Labute approximate surface area is 79.1 Å². The van der Waals surface area contributed by atoms with Gasteiger partial charge in [-0.15, -0.1) is 10.2 Å². The number of aliphatic carboxylic acids is 1. The first-order chi connectivity index (χ1) is 6.70. The number of rotatable bonds is 1. The van der Waals surface area contributed by atoms with Gasteiger partial charge in [-0.2, -0.15) is 0 Å². The number of hydrogen-bond donors (Lipinski definition) is 1. The monoisotopic (exact) mass is 190 g/mol. The quantitative estimate of drug-likeness (QED) is 0.671. The van der Waals surface area contributed by atoms with Gasteiger partial charge in [0.2, 0.25) is 0 Å². The standard InChI is InChI=1S/C9H6N2O3/c12-8-6-4-2-1-3-5(6)7(9(13)14)10-11-8/h1-4,6H,(H,13,14). The number of hydrogen-bond acceptors (Lipinski definition) is 3. The van der Waals surface area contributed by atoms with Gasteiger partial charge in [0.05, 0.1) is 5.92 Å². The van der Waals surface area contributed by atoms with Crippen LogP contribution in [0.15, 0.2) is 45.8 Å². The third kappa shape index (κ3) is 1.19. The molecule has 2 aliphatic rings. The van der Waals surface area contributed by atoms with E-state index in [1.165, 1.54) is 0 Å². The van der Waals surface area contributed by atoms with Gasteiger partial charge in [0.25, 0.3) is 5.91 Å². The summed E-state index contributed by atoms with van der Waals surface area (Å²) in [5.41, 5.74) is 0.246. The van der Waals surface area contributed by atoms with Crippen LogP contribution < -0.4 is 0 Å². The van der Waals surface area contributed by atoms with Gasteiger partial charge in [-0.25, -0.2) is 4.79 Å². The lowest BCUT2D eigenvalue weighted by Gasteiger charge is -2.16. The van der Waals surface area contributed by atoms with Crippen molar-refractivity contribution in [3.05, 3.63) is 35.6 Å². The molecule has 1 aliphatic heterocycles. The summed E-state index contributed by atoms with van der Waals surface area (Å²) in [4.78, 5) is 22.0. The van der Waals surface area contributed by atoms with E-state index in [9.17, 15) is 9.59 Å². The molecular weight excluding hydrogens is 184 g/mol. The molecule has 0 fully saturated rings. The first-order valence-electron chi connectivity index (χ1n) is 3.98. The summed E-state index contributed by atoms with van der Waals surface area (Å²) >= 11 is 0. The Hall–Kier alpha value is -2.04. The summed E-state index contributed by atoms with van der Waals surface area (Å²) < 4.78 is 0. The Morgan fingerprint density at radius 1 is 1.36 bits per heavy atom. The Bertz CT molecular complexity index is 429. The maximum atomic E-state index is 11.2. The average molecular weight is 190 g/mol. The number of amides is 1. The summed E-state index contributed by atoms with van der Waals surface area (Å²) in [5, 5.41) is 15.4. The van der Waals surface area contributed by atoms with Crippen LogP contribution in [0.2, 0.25) is 0 Å². The van der Waals surface area contributed by atoms with Crippen molar-refractivity contribution in [1.82, 2.24) is 0 Å². The summed E-state index contributed by atoms with van der Waals surface area (Å²) in [6.45, 7) is 0. The number of carbonyl (C=O) groups is 2. The van der Waals surface area contributed by atoms with E-state index in [0.29, 0.717) is 5.57 Å². The predicted octanol–water partition coefficient (Wildman–Crippen LogP) is 1.06. The number of allylic oxidation sites excluding steroid dienone is 3. The zero-order chi connectivity index (χ0) is 10.1. The molecule has 5 nitrogen and oxygen atoms in total. The number of carbonyl (C=O) groups excluding carboxylic acids is 1. The lowest BCUT2D eigenvalue weighted by atomic mass is 9.91. The van der Waals surface area contributed by atoms with Gasteiger partial charge in [-0.1, -0.05) is 24.3 Å². The van der Waals surface area contributed by atoms with E-state index in [1.807, 2.05) is 0 Å². The third-order valence-corrected chi connectivity index (χ3v) is 2.02. The molecule has 0 saturated carbocycles. The van der Waals surface area contributed by atoms with Crippen molar-refractivity contribution >= 4 is 11.9 Å². The second-order valence-corrected chi connectivity index (χ2v) is 2.87. The van der Waals surface area contributed by atoms with E-state index < -0.39 is 17.8 Å². The van der Waals surface area contributed by atoms with E-state index >= 15 is 0 Å². The SMILES string of the molecule is O=C(O)C1=C2C=CC=CC2C(=O)N=N1. The first kappa shape index (κ1) is 8.55. The minimum Gasteiger partial charge on any atom is -0.476 e. The third-order valence-electron chi connectivity index (χ3n) is 2.02. The topological polar surface area (TPSA) is 79.1 Å². The summed E-state index contributed by atoms with van der Waals surface area (Å²) in [6, 6.07) is 0. The van der Waals surface area contributed by atoms with Gasteiger partial charge < -0.3 is 5.11 Å². The van der Waals surface area contributed by atoms with Crippen LogP contribution in [-0.2, 0) is 9.59 Å². The molecule has 2 rings (SSSR count). The van der Waals surface area contributed by atoms with E-state index in [0.717, 1.165) is 0 Å². The van der Waals surface area contributed by atoms with Gasteiger partial charge in [0.1, 0.15) is 0 Å². The summed E-state index contributed by atoms with van der Waals surface area (Å²) in [6.07, 6.45) is 6.54. The molecule has 70 valence electrons. The Kier molecular flexibility index (Phi) is 1.85. The zero-order valence-corrected chi connectivity index (χ0v) is 7.04. The van der Waals surface area contributed by atoms with Crippen LogP contribution in [0.25, 0.3) is 0 Å². The molecule has 0 aromatic carbocycles. The lowest BCUT2D eigenvalue weighted by molar-refractivity contribution is -0.132. The van der Waals surface area contributed by atoms with Crippen molar-refractivity contribution < 1.29 is 14.7 Å². The first-order valence-corrected chi connectivity index (χ1v) is 3.98.